The van der Waals surface area contributed by atoms with Gasteiger partial charge < -0.3 is 10.5 Å². The van der Waals surface area contributed by atoms with E-state index >= 15 is 0 Å². The lowest BCUT2D eigenvalue weighted by atomic mass is 10.1. The summed E-state index contributed by atoms with van der Waals surface area (Å²) in [7, 11) is 1.40. The molecule has 3 N–H and O–H groups in total. The second-order valence-electron chi connectivity index (χ2n) is 4.18. The second-order valence-corrected chi connectivity index (χ2v) is 4.57. The molecule has 2 rings (SSSR count). The Labute approximate surface area is 125 Å². The molecule has 0 aliphatic carbocycles. The fourth-order valence-electron chi connectivity index (χ4n) is 1.56. The summed E-state index contributed by atoms with van der Waals surface area (Å²) < 4.78 is 18.5. The highest BCUT2D eigenvalue weighted by atomic mass is 35.5. The summed E-state index contributed by atoms with van der Waals surface area (Å²) in [5.74, 6) is -1.03. The van der Waals surface area contributed by atoms with Crippen molar-refractivity contribution in [1.82, 2.24) is 9.97 Å². The number of ether oxygens (including phenoxy) is 1. The highest BCUT2D eigenvalue weighted by Gasteiger charge is 2.13. The van der Waals surface area contributed by atoms with E-state index in [2.05, 4.69) is 15.3 Å². The third-order valence-electron chi connectivity index (χ3n) is 2.75. The largest absolute Gasteiger partial charge is 0.481 e. The lowest BCUT2D eigenvalue weighted by Gasteiger charge is -2.08. The molecule has 0 spiro atoms. The van der Waals surface area contributed by atoms with Gasteiger partial charge in [-0.3, -0.25) is 10.1 Å². The Morgan fingerprint density at radius 3 is 2.71 bits per heavy atom. The van der Waals surface area contributed by atoms with E-state index in [9.17, 15) is 9.18 Å². The Morgan fingerprint density at radius 2 is 2.10 bits per heavy atom. The Balaban J connectivity index is 2.28. The van der Waals surface area contributed by atoms with Crippen molar-refractivity contribution in [2.24, 2.45) is 0 Å². The third kappa shape index (κ3) is 3.38. The van der Waals surface area contributed by atoms with Gasteiger partial charge in [-0.2, -0.15) is 4.98 Å². The molecule has 0 unspecified atom stereocenters. The number of nitrogens with two attached hydrogens (primary N) is 1. The van der Waals surface area contributed by atoms with Crippen LogP contribution < -0.4 is 15.8 Å². The summed E-state index contributed by atoms with van der Waals surface area (Å²) in [4.78, 5) is 19.8. The van der Waals surface area contributed by atoms with Gasteiger partial charge in [-0.15, -0.1) is 0 Å². The molecule has 8 heteroatoms. The average Bonchev–Trinajstić information content (AvgIpc) is 2.43. The number of nitrogens with one attached hydrogen (secondary N) is 1. The van der Waals surface area contributed by atoms with Crippen molar-refractivity contribution in [2.75, 3.05) is 18.2 Å². The number of hydrogen-bond acceptors (Lipinski definition) is 5. The number of anilines is 2. The zero-order valence-electron chi connectivity index (χ0n) is 11.3. The van der Waals surface area contributed by atoms with Gasteiger partial charge in [0.2, 0.25) is 11.8 Å². The molecule has 0 radical (unpaired) electrons. The van der Waals surface area contributed by atoms with Crippen LogP contribution in [0.2, 0.25) is 5.15 Å². The van der Waals surface area contributed by atoms with Crippen LogP contribution in [0, 0.1) is 12.7 Å². The van der Waals surface area contributed by atoms with E-state index in [-0.39, 0.29) is 33.8 Å². The van der Waals surface area contributed by atoms with Gasteiger partial charge in [-0.1, -0.05) is 11.6 Å². The van der Waals surface area contributed by atoms with E-state index < -0.39 is 11.7 Å². The van der Waals surface area contributed by atoms with E-state index in [1.807, 2.05) is 0 Å². The van der Waals surface area contributed by atoms with Crippen molar-refractivity contribution in [3.05, 3.63) is 40.3 Å². The SMILES string of the molecule is COc1cc(Cl)nc(NC(=O)c2cc(N)c(C)c(F)c2)n1. The molecule has 0 fully saturated rings. The number of hydrogen-bond donors (Lipinski definition) is 2. The van der Waals surface area contributed by atoms with Crippen LogP contribution in [0.1, 0.15) is 15.9 Å². The maximum atomic E-state index is 13.6. The molecule has 1 amide bonds. The fraction of sp³-hybridized carbons (Fsp3) is 0.154. The van der Waals surface area contributed by atoms with Gasteiger partial charge in [0.1, 0.15) is 11.0 Å². The molecule has 0 atom stereocenters. The molecular formula is C13H12ClFN4O2. The normalized spacial score (nSPS) is 10.3. The topological polar surface area (TPSA) is 90.1 Å². The zero-order chi connectivity index (χ0) is 15.6. The van der Waals surface area contributed by atoms with Crippen LogP contribution in [-0.4, -0.2) is 23.0 Å². The molecule has 0 saturated carbocycles. The second kappa shape index (κ2) is 5.92. The minimum atomic E-state index is -0.607. The summed E-state index contributed by atoms with van der Waals surface area (Å²) in [6, 6.07) is 3.85. The van der Waals surface area contributed by atoms with Gasteiger partial charge in [-0.05, 0) is 19.1 Å². The predicted octanol–water partition coefficient (Wildman–Crippen LogP) is 2.42. The maximum absolute atomic E-state index is 13.6. The number of aromatic nitrogens is 2. The first-order valence-electron chi connectivity index (χ1n) is 5.86. The number of halogens is 2. The summed E-state index contributed by atoms with van der Waals surface area (Å²) >= 11 is 5.77. The first kappa shape index (κ1) is 15.0. The van der Waals surface area contributed by atoms with Crippen molar-refractivity contribution in [1.29, 1.82) is 0 Å². The molecule has 21 heavy (non-hydrogen) atoms. The van der Waals surface area contributed by atoms with Crippen molar-refractivity contribution >= 4 is 29.1 Å². The molecule has 0 bridgehead atoms. The molecule has 110 valence electrons. The molecule has 1 heterocycles. The molecule has 1 aromatic carbocycles. The van der Waals surface area contributed by atoms with Gasteiger partial charge in [0.25, 0.3) is 5.91 Å². The highest BCUT2D eigenvalue weighted by molar-refractivity contribution is 6.29. The average molecular weight is 311 g/mol. The molecule has 2 aromatic rings. The highest BCUT2D eigenvalue weighted by Crippen LogP contribution is 2.19. The van der Waals surface area contributed by atoms with Crippen LogP contribution >= 0.6 is 11.6 Å². The molecule has 6 nitrogen and oxygen atoms in total. The van der Waals surface area contributed by atoms with E-state index in [1.54, 1.807) is 0 Å². The van der Waals surface area contributed by atoms with Crippen molar-refractivity contribution in [2.45, 2.75) is 6.92 Å². The van der Waals surface area contributed by atoms with E-state index in [0.29, 0.717) is 0 Å². The standard InChI is InChI=1S/C13H12ClFN4O2/c1-6-8(15)3-7(4-9(6)16)12(20)19-13-17-10(14)5-11(18-13)21-2/h3-5H,16H2,1-2H3,(H,17,18,19,20). The summed E-state index contributed by atoms with van der Waals surface area (Å²) in [6.07, 6.45) is 0. The van der Waals surface area contributed by atoms with E-state index in [1.165, 1.54) is 26.2 Å². The minimum absolute atomic E-state index is 0.0519. The van der Waals surface area contributed by atoms with Gasteiger partial charge in [0.15, 0.2) is 0 Å². The summed E-state index contributed by atoms with van der Waals surface area (Å²) in [6.45, 7) is 1.53. The Hall–Kier alpha value is -2.41. The monoisotopic (exact) mass is 310 g/mol. The minimum Gasteiger partial charge on any atom is -0.481 e. The van der Waals surface area contributed by atoms with Crippen LogP contribution in [0.5, 0.6) is 5.88 Å². The summed E-state index contributed by atoms with van der Waals surface area (Å²) in [5, 5.41) is 2.50. The Morgan fingerprint density at radius 1 is 1.38 bits per heavy atom. The van der Waals surface area contributed by atoms with Crippen molar-refractivity contribution in [3.63, 3.8) is 0 Å². The quantitative estimate of drug-likeness (QED) is 0.671. The van der Waals surface area contributed by atoms with Crippen LogP contribution in [0.3, 0.4) is 0 Å². The van der Waals surface area contributed by atoms with Gasteiger partial charge in [-0.25, -0.2) is 9.37 Å². The molecular weight excluding hydrogens is 299 g/mol. The third-order valence-corrected chi connectivity index (χ3v) is 2.95. The van der Waals surface area contributed by atoms with Crippen molar-refractivity contribution < 1.29 is 13.9 Å². The van der Waals surface area contributed by atoms with Gasteiger partial charge in [0.05, 0.1) is 7.11 Å². The number of nitrogen functional groups attached to an aromatic ring is 1. The number of rotatable bonds is 3. The number of methoxy groups -OCH3 is 1. The number of nitrogens with zero attached hydrogens (tertiary/aromatic N) is 2. The number of carbonyl (C=O) groups excluding carboxylic acids is 1. The molecule has 1 aromatic heterocycles. The molecule has 0 aliphatic rings. The zero-order valence-corrected chi connectivity index (χ0v) is 12.0. The van der Waals surface area contributed by atoms with E-state index in [4.69, 9.17) is 22.1 Å². The Kier molecular flexibility index (Phi) is 4.23. The lowest BCUT2D eigenvalue weighted by molar-refractivity contribution is 0.102. The maximum Gasteiger partial charge on any atom is 0.258 e. The van der Waals surface area contributed by atoms with Crippen LogP contribution in [0.15, 0.2) is 18.2 Å². The first-order valence-corrected chi connectivity index (χ1v) is 6.24. The number of benzene rings is 1. The van der Waals surface area contributed by atoms with Gasteiger partial charge in [0, 0.05) is 22.9 Å². The Bertz CT molecular complexity index is 686. The lowest BCUT2D eigenvalue weighted by Crippen LogP contribution is -2.15. The van der Waals surface area contributed by atoms with Gasteiger partial charge >= 0.3 is 0 Å². The number of amides is 1. The van der Waals surface area contributed by atoms with E-state index in [0.717, 1.165) is 6.07 Å². The van der Waals surface area contributed by atoms with Crippen LogP contribution in [0.25, 0.3) is 0 Å². The van der Waals surface area contributed by atoms with Crippen LogP contribution in [-0.2, 0) is 0 Å². The van der Waals surface area contributed by atoms with Crippen LogP contribution in [0.4, 0.5) is 16.0 Å². The predicted molar refractivity (Wildman–Crippen MR) is 77.1 cm³/mol. The number of carbonyl (C=O) groups is 1. The van der Waals surface area contributed by atoms with Crippen molar-refractivity contribution in [3.8, 4) is 5.88 Å². The first-order chi connectivity index (χ1) is 9.90. The fourth-order valence-corrected chi connectivity index (χ4v) is 1.74. The molecule has 0 aliphatic heterocycles. The summed E-state index contributed by atoms with van der Waals surface area (Å²) in [5.41, 5.74) is 6.15. The smallest absolute Gasteiger partial charge is 0.258 e. The molecule has 0 saturated heterocycles.